The summed E-state index contributed by atoms with van der Waals surface area (Å²) in [7, 11) is 0. The van der Waals surface area contributed by atoms with E-state index in [9.17, 15) is 0 Å². The molecule has 0 atom stereocenters. The van der Waals surface area contributed by atoms with Gasteiger partial charge in [0.15, 0.2) is 0 Å². The molecule has 0 unspecified atom stereocenters. The summed E-state index contributed by atoms with van der Waals surface area (Å²) in [5.74, 6) is 0.644. The van der Waals surface area contributed by atoms with Gasteiger partial charge in [-0.1, -0.05) is 153 Å². The Balaban J connectivity index is 1.08. The molecule has 0 amide bonds. The van der Waals surface area contributed by atoms with Gasteiger partial charge in [0, 0.05) is 60.2 Å². The van der Waals surface area contributed by atoms with E-state index >= 15 is 0 Å². The zero-order chi connectivity index (χ0) is 43.7. The van der Waals surface area contributed by atoms with Gasteiger partial charge in [-0.2, -0.15) is 0 Å². The maximum atomic E-state index is 5.49. The summed E-state index contributed by atoms with van der Waals surface area (Å²) in [4.78, 5) is 10.9. The van der Waals surface area contributed by atoms with Crippen molar-refractivity contribution in [1.29, 1.82) is 0 Å². The van der Waals surface area contributed by atoms with Crippen LogP contribution in [0, 0.1) is 0 Å². The molecule has 1 aliphatic carbocycles. The van der Waals surface area contributed by atoms with E-state index in [0.29, 0.717) is 5.95 Å². The number of hydrogen-bond donors (Lipinski definition) is 0. The second-order valence-electron chi connectivity index (χ2n) is 18.2. The molecule has 0 fully saturated rings. The molecule has 310 valence electrons. The first-order valence-corrected chi connectivity index (χ1v) is 22.8. The number of aromatic nitrogens is 5. The minimum absolute atomic E-state index is 0.220. The van der Waals surface area contributed by atoms with E-state index in [-0.39, 0.29) is 5.41 Å². The molecule has 0 spiro atoms. The first kappa shape index (κ1) is 36.9. The topological polar surface area (TPSA) is 40.6 Å². The van der Waals surface area contributed by atoms with E-state index in [1.807, 2.05) is 0 Å². The Morgan fingerprint density at radius 2 is 0.909 bits per heavy atom. The van der Waals surface area contributed by atoms with E-state index in [2.05, 4.69) is 240 Å². The molecule has 0 aliphatic heterocycles. The molecule has 5 nitrogen and oxygen atoms in total. The lowest BCUT2D eigenvalue weighted by atomic mass is 9.81. The second-order valence-corrected chi connectivity index (χ2v) is 18.2. The van der Waals surface area contributed by atoms with Gasteiger partial charge in [-0.3, -0.25) is 4.57 Å². The number of fused-ring (bicyclic) bond motifs is 12. The van der Waals surface area contributed by atoms with Crippen molar-refractivity contribution in [3.63, 3.8) is 0 Å². The Morgan fingerprint density at radius 1 is 0.364 bits per heavy atom. The van der Waals surface area contributed by atoms with E-state index in [0.717, 1.165) is 61.0 Å². The van der Waals surface area contributed by atoms with Crippen molar-refractivity contribution < 1.29 is 0 Å². The van der Waals surface area contributed by atoms with Gasteiger partial charge >= 0.3 is 0 Å². The fourth-order valence-electron chi connectivity index (χ4n) is 11.3. The van der Waals surface area contributed by atoms with Crippen LogP contribution in [0.5, 0.6) is 0 Å². The van der Waals surface area contributed by atoms with Crippen LogP contribution < -0.4 is 0 Å². The summed E-state index contributed by atoms with van der Waals surface area (Å²) in [5.41, 5.74) is 18.2. The summed E-state index contributed by atoms with van der Waals surface area (Å²) in [6, 6.07) is 76.9. The predicted molar refractivity (Wildman–Crippen MR) is 273 cm³/mol. The summed E-state index contributed by atoms with van der Waals surface area (Å²) in [5, 5.41) is 7.07. The SMILES string of the molecule is CC1(C)c2ccccc2-c2c1c1cc3c4cc(-c5ccc6c(c5)c5ccccc5n6-c5ccccc5)ccc4n(-c4nc(-c5ccccc5)c5ccccc5n4)c3cc1n2-c1ccccc1. The van der Waals surface area contributed by atoms with Crippen LogP contribution >= 0.6 is 0 Å². The van der Waals surface area contributed by atoms with Gasteiger partial charge in [0.05, 0.1) is 44.5 Å². The minimum Gasteiger partial charge on any atom is -0.309 e. The van der Waals surface area contributed by atoms with Crippen LogP contribution in [0.25, 0.3) is 116 Å². The van der Waals surface area contributed by atoms with Crippen LogP contribution in [0.3, 0.4) is 0 Å². The fraction of sp³-hybridized carbons (Fsp3) is 0.0492. The molecule has 1 aliphatic rings. The van der Waals surface area contributed by atoms with Crippen LogP contribution in [-0.4, -0.2) is 23.7 Å². The molecule has 0 radical (unpaired) electrons. The predicted octanol–water partition coefficient (Wildman–Crippen LogP) is 15.4. The van der Waals surface area contributed by atoms with Crippen molar-refractivity contribution in [3.05, 3.63) is 223 Å². The van der Waals surface area contributed by atoms with Gasteiger partial charge in [-0.05, 0) is 95.1 Å². The van der Waals surface area contributed by atoms with Crippen LogP contribution in [-0.2, 0) is 5.41 Å². The van der Waals surface area contributed by atoms with Crippen LogP contribution in [0.1, 0.15) is 25.0 Å². The van der Waals surface area contributed by atoms with Crippen LogP contribution in [0.2, 0.25) is 0 Å². The van der Waals surface area contributed by atoms with Gasteiger partial charge in [0.1, 0.15) is 0 Å². The summed E-state index contributed by atoms with van der Waals surface area (Å²) >= 11 is 0. The molecule has 13 aromatic rings. The lowest BCUT2D eigenvalue weighted by Crippen LogP contribution is -2.14. The van der Waals surface area contributed by atoms with Crippen molar-refractivity contribution in [2.24, 2.45) is 0 Å². The highest BCUT2D eigenvalue weighted by Crippen LogP contribution is 2.54. The Hall–Kier alpha value is -8.54. The number of hydrogen-bond acceptors (Lipinski definition) is 2. The van der Waals surface area contributed by atoms with Crippen LogP contribution in [0.15, 0.2) is 212 Å². The van der Waals surface area contributed by atoms with Crippen molar-refractivity contribution in [1.82, 2.24) is 23.7 Å². The smallest absolute Gasteiger partial charge is 0.235 e. The Bertz CT molecular complexity index is 4120. The van der Waals surface area contributed by atoms with E-state index in [4.69, 9.17) is 9.97 Å². The van der Waals surface area contributed by atoms with Crippen LogP contribution in [0.4, 0.5) is 0 Å². The molecule has 9 aromatic carbocycles. The second kappa shape index (κ2) is 13.7. The quantitative estimate of drug-likeness (QED) is 0.173. The van der Waals surface area contributed by atoms with E-state index < -0.39 is 0 Å². The molecule has 0 N–H and O–H groups in total. The molecule has 0 bridgehead atoms. The van der Waals surface area contributed by atoms with Gasteiger partial charge in [0.25, 0.3) is 0 Å². The lowest BCUT2D eigenvalue weighted by molar-refractivity contribution is 0.666. The highest BCUT2D eigenvalue weighted by Gasteiger charge is 2.41. The van der Waals surface area contributed by atoms with Crippen molar-refractivity contribution in [2.75, 3.05) is 0 Å². The highest BCUT2D eigenvalue weighted by molar-refractivity contribution is 6.17. The van der Waals surface area contributed by atoms with E-state index in [1.54, 1.807) is 0 Å². The number of benzene rings is 9. The fourth-order valence-corrected chi connectivity index (χ4v) is 11.3. The summed E-state index contributed by atoms with van der Waals surface area (Å²) < 4.78 is 7.17. The largest absolute Gasteiger partial charge is 0.309 e. The van der Waals surface area contributed by atoms with Crippen molar-refractivity contribution in [2.45, 2.75) is 19.3 Å². The molecule has 66 heavy (non-hydrogen) atoms. The van der Waals surface area contributed by atoms with Crippen molar-refractivity contribution >= 4 is 65.4 Å². The Kier molecular flexibility index (Phi) is 7.68. The molecular formula is C61H41N5. The normalized spacial score (nSPS) is 13.1. The zero-order valence-corrected chi connectivity index (χ0v) is 36.4. The molecule has 5 heteroatoms. The third kappa shape index (κ3) is 5.16. The summed E-state index contributed by atoms with van der Waals surface area (Å²) in [6.45, 7) is 4.77. The molecule has 0 saturated heterocycles. The Morgan fingerprint density at radius 3 is 1.65 bits per heavy atom. The number of para-hydroxylation sites is 4. The third-order valence-electron chi connectivity index (χ3n) is 14.2. The number of nitrogens with zero attached hydrogens (tertiary/aromatic N) is 5. The van der Waals surface area contributed by atoms with Gasteiger partial charge < -0.3 is 9.13 Å². The van der Waals surface area contributed by atoms with Crippen molar-refractivity contribution in [3.8, 4) is 51.0 Å². The molecule has 14 rings (SSSR count). The first-order chi connectivity index (χ1) is 32.5. The molecule has 4 heterocycles. The average molecular weight is 844 g/mol. The standard InChI is InChI=1S/C61H41N5/c1-61(2)50-27-15-12-25-44(50)59-57(61)49-36-48-47-35-40(39-30-32-53-46(34-39)43-24-14-17-29-52(43)64(53)41-20-8-4-9-21-41)31-33-54(47)66(55(48)37-56(49)65(59)42-22-10-5-11-23-42)60-62-51-28-16-13-26-45(51)58(63-60)38-18-6-3-7-19-38/h3-37H,1-2H3. The third-order valence-corrected chi connectivity index (χ3v) is 14.2. The molecule has 4 aromatic heterocycles. The molecular weight excluding hydrogens is 803 g/mol. The van der Waals surface area contributed by atoms with Gasteiger partial charge in [-0.25, -0.2) is 9.97 Å². The lowest BCUT2D eigenvalue weighted by Gasteiger charge is -2.21. The monoisotopic (exact) mass is 843 g/mol. The van der Waals surface area contributed by atoms with E-state index in [1.165, 1.54) is 60.5 Å². The minimum atomic E-state index is -0.220. The highest BCUT2D eigenvalue weighted by atomic mass is 15.2. The number of rotatable bonds is 5. The van der Waals surface area contributed by atoms with Gasteiger partial charge in [0.2, 0.25) is 5.95 Å². The Labute approximate surface area is 381 Å². The maximum Gasteiger partial charge on any atom is 0.235 e. The first-order valence-electron chi connectivity index (χ1n) is 22.8. The summed E-state index contributed by atoms with van der Waals surface area (Å²) in [6.07, 6.45) is 0. The zero-order valence-electron chi connectivity index (χ0n) is 36.4. The average Bonchev–Trinajstić information content (AvgIpc) is 4.07. The van der Waals surface area contributed by atoms with Gasteiger partial charge in [-0.15, -0.1) is 0 Å². The molecule has 0 saturated carbocycles. The maximum absolute atomic E-state index is 5.49.